The second-order valence-corrected chi connectivity index (χ2v) is 6.93. The van der Waals surface area contributed by atoms with Gasteiger partial charge in [0.1, 0.15) is 0 Å². The number of hydrogen-bond donors (Lipinski definition) is 0. The topological polar surface area (TPSA) is 37.4 Å². The molecular weight excluding hydrogens is 298 g/mol. The summed E-state index contributed by atoms with van der Waals surface area (Å²) in [7, 11) is 0. The van der Waals surface area contributed by atoms with Gasteiger partial charge in [-0.05, 0) is 30.4 Å². The Kier molecular flexibility index (Phi) is 4.79. The van der Waals surface area contributed by atoms with Crippen LogP contribution in [0.4, 0.5) is 0 Å². The second-order valence-electron chi connectivity index (χ2n) is 6.93. The lowest BCUT2D eigenvalue weighted by Crippen LogP contribution is -2.42. The Balaban J connectivity index is 1.74. The summed E-state index contributed by atoms with van der Waals surface area (Å²) in [4.78, 5) is 27.0. The van der Waals surface area contributed by atoms with Crippen LogP contribution in [0.15, 0.2) is 54.6 Å². The first kappa shape index (κ1) is 16.4. The molecule has 0 aliphatic carbocycles. The van der Waals surface area contributed by atoms with E-state index in [0.29, 0.717) is 28.5 Å². The van der Waals surface area contributed by atoms with Crippen LogP contribution in [-0.2, 0) is 0 Å². The zero-order valence-corrected chi connectivity index (χ0v) is 14.2. The van der Waals surface area contributed by atoms with Crippen LogP contribution in [0.3, 0.4) is 0 Å². The monoisotopic (exact) mass is 321 g/mol. The molecule has 0 radical (unpaired) electrons. The molecule has 0 spiro atoms. The molecule has 3 rings (SSSR count). The van der Waals surface area contributed by atoms with E-state index in [1.165, 1.54) is 6.42 Å². The van der Waals surface area contributed by atoms with Crippen LogP contribution in [0.25, 0.3) is 0 Å². The number of rotatable bonds is 3. The second kappa shape index (κ2) is 7.00. The summed E-state index contributed by atoms with van der Waals surface area (Å²) in [5.74, 6) is 1.12. The van der Waals surface area contributed by atoms with Gasteiger partial charge in [0, 0.05) is 29.8 Å². The third-order valence-electron chi connectivity index (χ3n) is 4.59. The Labute approximate surface area is 143 Å². The number of ketones is 1. The van der Waals surface area contributed by atoms with Crippen molar-refractivity contribution in [3.8, 4) is 0 Å². The number of benzene rings is 2. The summed E-state index contributed by atoms with van der Waals surface area (Å²) in [5.41, 5.74) is 1.93. The molecule has 1 aliphatic heterocycles. The lowest BCUT2D eigenvalue weighted by Gasteiger charge is -2.35. The molecule has 3 nitrogen and oxygen atoms in total. The molecule has 2 aromatic rings. The van der Waals surface area contributed by atoms with E-state index in [4.69, 9.17) is 0 Å². The molecule has 1 heterocycles. The van der Waals surface area contributed by atoms with Crippen molar-refractivity contribution in [1.29, 1.82) is 0 Å². The molecule has 124 valence electrons. The van der Waals surface area contributed by atoms with Crippen LogP contribution in [0.1, 0.15) is 46.5 Å². The number of piperidine rings is 1. The fourth-order valence-electron chi connectivity index (χ4n) is 3.53. The first-order chi connectivity index (χ1) is 11.5. The van der Waals surface area contributed by atoms with Gasteiger partial charge in [-0.15, -0.1) is 0 Å². The van der Waals surface area contributed by atoms with Gasteiger partial charge >= 0.3 is 0 Å². The molecule has 1 saturated heterocycles. The summed E-state index contributed by atoms with van der Waals surface area (Å²) in [5, 5.41) is 0. The minimum atomic E-state index is -0.0187. The molecule has 1 aliphatic rings. The van der Waals surface area contributed by atoms with Crippen molar-refractivity contribution < 1.29 is 9.59 Å². The summed E-state index contributed by atoms with van der Waals surface area (Å²) < 4.78 is 0. The van der Waals surface area contributed by atoms with Crippen LogP contribution in [-0.4, -0.2) is 29.7 Å². The Morgan fingerprint density at radius 2 is 1.29 bits per heavy atom. The van der Waals surface area contributed by atoms with E-state index < -0.39 is 0 Å². The largest absolute Gasteiger partial charge is 0.338 e. The molecule has 24 heavy (non-hydrogen) atoms. The Bertz CT molecular complexity index is 711. The summed E-state index contributed by atoms with van der Waals surface area (Å²) in [6.07, 6.45) is 1.17. The van der Waals surface area contributed by atoms with Crippen LogP contribution >= 0.6 is 0 Å². The maximum atomic E-state index is 12.7. The highest BCUT2D eigenvalue weighted by Gasteiger charge is 2.26. The van der Waals surface area contributed by atoms with Gasteiger partial charge in [-0.3, -0.25) is 9.59 Å². The fourth-order valence-corrected chi connectivity index (χ4v) is 3.53. The zero-order chi connectivity index (χ0) is 17.1. The van der Waals surface area contributed by atoms with Crippen molar-refractivity contribution in [2.75, 3.05) is 13.1 Å². The van der Waals surface area contributed by atoms with Crippen molar-refractivity contribution in [3.63, 3.8) is 0 Å². The first-order valence-corrected chi connectivity index (χ1v) is 8.53. The zero-order valence-electron chi connectivity index (χ0n) is 14.2. The highest BCUT2D eigenvalue weighted by Crippen LogP contribution is 2.22. The first-order valence-electron chi connectivity index (χ1n) is 8.53. The molecule has 1 amide bonds. The normalized spacial score (nSPS) is 20.7. The minimum Gasteiger partial charge on any atom is -0.338 e. The van der Waals surface area contributed by atoms with E-state index in [1.807, 2.05) is 23.1 Å². The Hall–Kier alpha value is -2.42. The minimum absolute atomic E-state index is 0.0187. The van der Waals surface area contributed by atoms with E-state index in [1.54, 1.807) is 36.4 Å². The number of likely N-dealkylation sites (tertiary alicyclic amines) is 1. The molecule has 2 aromatic carbocycles. The summed E-state index contributed by atoms with van der Waals surface area (Å²) in [6.45, 7) is 6.01. The highest BCUT2D eigenvalue weighted by molar-refractivity contribution is 6.09. The highest BCUT2D eigenvalue weighted by atomic mass is 16.2. The van der Waals surface area contributed by atoms with Gasteiger partial charge in [-0.1, -0.05) is 56.3 Å². The van der Waals surface area contributed by atoms with Gasteiger partial charge in [0.2, 0.25) is 0 Å². The Morgan fingerprint density at radius 1 is 0.792 bits per heavy atom. The summed E-state index contributed by atoms with van der Waals surface area (Å²) in [6, 6.07) is 16.2. The van der Waals surface area contributed by atoms with Crippen molar-refractivity contribution in [2.24, 2.45) is 11.8 Å². The average molecular weight is 321 g/mol. The standard InChI is InChI=1S/C21H23NO2/c1-15-12-16(2)14-22(13-15)21(24)19-10-8-18(9-11-19)20(23)17-6-4-3-5-7-17/h3-11,15-16H,12-14H2,1-2H3/t15-,16-/m1/s1. The molecule has 0 N–H and O–H groups in total. The fraction of sp³-hybridized carbons (Fsp3) is 0.333. The molecule has 2 atom stereocenters. The number of amides is 1. The van der Waals surface area contributed by atoms with Gasteiger partial charge in [0.05, 0.1) is 0 Å². The number of hydrogen-bond acceptors (Lipinski definition) is 2. The smallest absolute Gasteiger partial charge is 0.253 e. The molecule has 0 saturated carbocycles. The molecular formula is C21H23NO2. The number of carbonyl (C=O) groups is 2. The van der Waals surface area contributed by atoms with Crippen LogP contribution in [0.5, 0.6) is 0 Å². The van der Waals surface area contributed by atoms with Crippen molar-refractivity contribution >= 4 is 11.7 Å². The Morgan fingerprint density at radius 3 is 1.88 bits per heavy atom. The van der Waals surface area contributed by atoms with Gasteiger partial charge < -0.3 is 4.90 Å². The third kappa shape index (κ3) is 3.56. The number of carbonyl (C=O) groups excluding carboxylic acids is 2. The van der Waals surface area contributed by atoms with E-state index in [0.717, 1.165) is 13.1 Å². The van der Waals surface area contributed by atoms with Gasteiger partial charge in [-0.25, -0.2) is 0 Å². The maximum Gasteiger partial charge on any atom is 0.253 e. The van der Waals surface area contributed by atoms with Gasteiger partial charge in [0.25, 0.3) is 5.91 Å². The maximum absolute atomic E-state index is 12.7. The lowest BCUT2D eigenvalue weighted by atomic mass is 9.91. The molecule has 0 bridgehead atoms. The van der Waals surface area contributed by atoms with Crippen molar-refractivity contribution in [1.82, 2.24) is 4.90 Å². The molecule has 0 aromatic heterocycles. The average Bonchev–Trinajstić information content (AvgIpc) is 2.60. The molecule has 1 fully saturated rings. The molecule has 0 unspecified atom stereocenters. The van der Waals surface area contributed by atoms with Crippen LogP contribution in [0, 0.1) is 11.8 Å². The van der Waals surface area contributed by atoms with E-state index in [-0.39, 0.29) is 11.7 Å². The predicted molar refractivity (Wildman–Crippen MR) is 95.2 cm³/mol. The van der Waals surface area contributed by atoms with Crippen molar-refractivity contribution in [2.45, 2.75) is 20.3 Å². The third-order valence-corrected chi connectivity index (χ3v) is 4.59. The van der Waals surface area contributed by atoms with Crippen LogP contribution < -0.4 is 0 Å². The lowest BCUT2D eigenvalue weighted by molar-refractivity contribution is 0.0623. The quantitative estimate of drug-likeness (QED) is 0.800. The van der Waals surface area contributed by atoms with E-state index >= 15 is 0 Å². The molecule has 3 heteroatoms. The SMILES string of the molecule is C[C@@H]1C[C@@H](C)CN(C(=O)c2ccc(C(=O)c3ccccc3)cc2)C1. The van der Waals surface area contributed by atoms with E-state index in [9.17, 15) is 9.59 Å². The van der Waals surface area contributed by atoms with Gasteiger partial charge in [0.15, 0.2) is 5.78 Å². The van der Waals surface area contributed by atoms with Gasteiger partial charge in [-0.2, -0.15) is 0 Å². The van der Waals surface area contributed by atoms with Crippen LogP contribution in [0.2, 0.25) is 0 Å². The van der Waals surface area contributed by atoms with Crippen molar-refractivity contribution in [3.05, 3.63) is 71.3 Å². The summed E-state index contributed by atoms with van der Waals surface area (Å²) >= 11 is 0. The predicted octanol–water partition coefficient (Wildman–Crippen LogP) is 4.04. The number of nitrogens with zero attached hydrogens (tertiary/aromatic N) is 1. The van der Waals surface area contributed by atoms with E-state index in [2.05, 4.69) is 13.8 Å².